The Morgan fingerprint density at radius 2 is 1.95 bits per heavy atom. The molecular formula is C14H28ClN3O2. The van der Waals surface area contributed by atoms with Gasteiger partial charge in [-0.2, -0.15) is 0 Å². The molecule has 1 rings (SSSR count). The average molecular weight is 306 g/mol. The molecule has 0 aromatic rings. The molecule has 0 aromatic carbocycles. The van der Waals surface area contributed by atoms with Crippen LogP contribution in [0.2, 0.25) is 0 Å². The second kappa shape index (κ2) is 7.84. The van der Waals surface area contributed by atoms with Gasteiger partial charge in [-0.3, -0.25) is 9.59 Å². The molecule has 0 aromatic heterocycles. The number of amides is 2. The van der Waals surface area contributed by atoms with Crippen LogP contribution in [0.25, 0.3) is 0 Å². The number of likely N-dealkylation sites (tertiary alicyclic amines) is 1. The van der Waals surface area contributed by atoms with E-state index in [0.29, 0.717) is 25.4 Å². The molecule has 3 N–H and O–H groups in total. The zero-order valence-corrected chi connectivity index (χ0v) is 13.8. The number of hydrogen-bond donors (Lipinski definition) is 2. The number of rotatable bonds is 4. The van der Waals surface area contributed by atoms with Crippen LogP contribution < -0.4 is 11.1 Å². The van der Waals surface area contributed by atoms with Crippen molar-refractivity contribution in [2.24, 2.45) is 17.1 Å². The van der Waals surface area contributed by atoms with Gasteiger partial charge in [0.1, 0.15) is 0 Å². The van der Waals surface area contributed by atoms with Crippen LogP contribution in [0.3, 0.4) is 0 Å². The molecule has 1 heterocycles. The number of nitrogens with zero attached hydrogens (tertiary/aromatic N) is 1. The van der Waals surface area contributed by atoms with Gasteiger partial charge in [0, 0.05) is 19.0 Å². The van der Waals surface area contributed by atoms with Crippen LogP contribution >= 0.6 is 12.4 Å². The topological polar surface area (TPSA) is 75.4 Å². The first kappa shape index (κ1) is 19.2. The summed E-state index contributed by atoms with van der Waals surface area (Å²) in [5.41, 5.74) is 5.59. The van der Waals surface area contributed by atoms with Crippen LogP contribution in [0.4, 0.5) is 0 Å². The summed E-state index contributed by atoms with van der Waals surface area (Å²) in [6, 6.07) is 0.223. The summed E-state index contributed by atoms with van der Waals surface area (Å²) in [4.78, 5) is 25.6. The standard InChI is InChI=1S/C14H27N3O2.ClH/c1-10-5-11(7-15)9-17(10)13(19)8-16-12(18)6-14(2,3)4;/h10-11H,5-9,15H2,1-4H3,(H,16,18);1H. The lowest BCUT2D eigenvalue weighted by molar-refractivity contribution is -0.133. The van der Waals surface area contributed by atoms with Crippen LogP contribution in [0.15, 0.2) is 0 Å². The summed E-state index contributed by atoms with van der Waals surface area (Å²) in [5, 5.41) is 2.71. The molecular weight excluding hydrogens is 278 g/mol. The van der Waals surface area contributed by atoms with Crippen molar-refractivity contribution < 1.29 is 9.59 Å². The van der Waals surface area contributed by atoms with Gasteiger partial charge in [-0.25, -0.2) is 0 Å². The predicted molar refractivity (Wildman–Crippen MR) is 82.7 cm³/mol. The molecule has 118 valence electrons. The molecule has 1 aliphatic heterocycles. The van der Waals surface area contributed by atoms with Crippen molar-refractivity contribution in [3.8, 4) is 0 Å². The normalized spacial score (nSPS) is 22.4. The first-order valence-electron chi connectivity index (χ1n) is 6.99. The van der Waals surface area contributed by atoms with E-state index >= 15 is 0 Å². The fourth-order valence-corrected chi connectivity index (χ4v) is 2.48. The molecule has 0 aliphatic carbocycles. The summed E-state index contributed by atoms with van der Waals surface area (Å²) in [6.07, 6.45) is 1.39. The molecule has 1 saturated heterocycles. The molecule has 0 saturated carbocycles. The Kier molecular flexibility index (Phi) is 7.52. The predicted octanol–water partition coefficient (Wildman–Crippen LogP) is 1.16. The van der Waals surface area contributed by atoms with Crippen molar-refractivity contribution in [3.05, 3.63) is 0 Å². The van der Waals surface area contributed by atoms with Gasteiger partial charge in [-0.15, -0.1) is 12.4 Å². The fourth-order valence-electron chi connectivity index (χ4n) is 2.48. The molecule has 0 spiro atoms. The van der Waals surface area contributed by atoms with Crippen LogP contribution in [0.5, 0.6) is 0 Å². The highest BCUT2D eigenvalue weighted by atomic mass is 35.5. The molecule has 2 amide bonds. The second-order valence-corrected chi connectivity index (χ2v) is 6.75. The summed E-state index contributed by atoms with van der Waals surface area (Å²) >= 11 is 0. The lowest BCUT2D eigenvalue weighted by Gasteiger charge is -2.22. The monoisotopic (exact) mass is 305 g/mol. The van der Waals surface area contributed by atoms with E-state index in [1.807, 2.05) is 32.6 Å². The minimum absolute atomic E-state index is 0. The van der Waals surface area contributed by atoms with Gasteiger partial charge in [0.2, 0.25) is 11.8 Å². The van der Waals surface area contributed by atoms with E-state index in [-0.39, 0.29) is 42.2 Å². The van der Waals surface area contributed by atoms with E-state index in [0.717, 1.165) is 6.42 Å². The molecule has 2 atom stereocenters. The van der Waals surface area contributed by atoms with Gasteiger partial charge in [0.25, 0.3) is 0 Å². The van der Waals surface area contributed by atoms with Crippen LogP contribution in [0.1, 0.15) is 40.5 Å². The Hall–Kier alpha value is -0.810. The van der Waals surface area contributed by atoms with E-state index in [1.54, 1.807) is 0 Å². The van der Waals surface area contributed by atoms with Gasteiger partial charge < -0.3 is 16.0 Å². The third-order valence-corrected chi connectivity index (χ3v) is 3.44. The number of nitrogens with one attached hydrogen (secondary N) is 1. The first-order valence-corrected chi connectivity index (χ1v) is 6.99. The van der Waals surface area contributed by atoms with E-state index in [2.05, 4.69) is 5.32 Å². The smallest absolute Gasteiger partial charge is 0.242 e. The molecule has 6 heteroatoms. The van der Waals surface area contributed by atoms with Crippen molar-refractivity contribution in [1.29, 1.82) is 0 Å². The van der Waals surface area contributed by atoms with Gasteiger partial charge in [0.15, 0.2) is 0 Å². The highest BCUT2D eigenvalue weighted by molar-refractivity contribution is 5.85. The number of hydrogen-bond acceptors (Lipinski definition) is 3. The van der Waals surface area contributed by atoms with E-state index in [1.165, 1.54) is 0 Å². The summed E-state index contributed by atoms with van der Waals surface area (Å²) in [7, 11) is 0. The lowest BCUT2D eigenvalue weighted by atomic mass is 9.92. The van der Waals surface area contributed by atoms with Crippen molar-refractivity contribution in [1.82, 2.24) is 10.2 Å². The lowest BCUT2D eigenvalue weighted by Crippen LogP contribution is -2.42. The Morgan fingerprint density at radius 3 is 2.40 bits per heavy atom. The SMILES string of the molecule is CC1CC(CN)CN1C(=O)CNC(=O)CC(C)(C)C.Cl. The third-order valence-electron chi connectivity index (χ3n) is 3.44. The zero-order chi connectivity index (χ0) is 14.6. The number of carbonyl (C=O) groups is 2. The minimum Gasteiger partial charge on any atom is -0.347 e. The quantitative estimate of drug-likeness (QED) is 0.818. The Labute approximate surface area is 128 Å². The van der Waals surface area contributed by atoms with Crippen molar-refractivity contribution in [2.45, 2.75) is 46.6 Å². The minimum atomic E-state index is -0.0666. The van der Waals surface area contributed by atoms with Gasteiger partial charge in [-0.05, 0) is 31.2 Å². The van der Waals surface area contributed by atoms with Crippen molar-refractivity contribution in [3.63, 3.8) is 0 Å². The van der Waals surface area contributed by atoms with Crippen molar-refractivity contribution in [2.75, 3.05) is 19.6 Å². The molecule has 5 nitrogen and oxygen atoms in total. The number of carbonyl (C=O) groups excluding carboxylic acids is 2. The summed E-state index contributed by atoms with van der Waals surface area (Å²) in [6.45, 7) is 9.46. The average Bonchev–Trinajstić information content (AvgIpc) is 2.65. The Bertz CT molecular complexity index is 342. The van der Waals surface area contributed by atoms with E-state index in [9.17, 15) is 9.59 Å². The Morgan fingerprint density at radius 1 is 1.35 bits per heavy atom. The van der Waals surface area contributed by atoms with E-state index in [4.69, 9.17) is 5.73 Å². The maximum absolute atomic E-state index is 12.1. The maximum Gasteiger partial charge on any atom is 0.242 e. The Balaban J connectivity index is 0.00000361. The summed E-state index contributed by atoms with van der Waals surface area (Å²) in [5.74, 6) is 0.318. The fraction of sp³-hybridized carbons (Fsp3) is 0.857. The first-order chi connectivity index (χ1) is 8.73. The number of halogens is 1. The molecule has 0 bridgehead atoms. The number of nitrogens with two attached hydrogens (primary N) is 1. The highest BCUT2D eigenvalue weighted by Gasteiger charge is 2.31. The molecule has 1 aliphatic rings. The van der Waals surface area contributed by atoms with Crippen LogP contribution in [-0.4, -0.2) is 42.4 Å². The molecule has 20 heavy (non-hydrogen) atoms. The van der Waals surface area contributed by atoms with Gasteiger partial charge >= 0.3 is 0 Å². The van der Waals surface area contributed by atoms with Crippen LogP contribution in [0, 0.1) is 11.3 Å². The molecule has 1 fully saturated rings. The van der Waals surface area contributed by atoms with Gasteiger partial charge in [0.05, 0.1) is 6.54 Å². The molecule has 2 unspecified atom stereocenters. The second-order valence-electron chi connectivity index (χ2n) is 6.75. The van der Waals surface area contributed by atoms with Crippen LogP contribution in [-0.2, 0) is 9.59 Å². The van der Waals surface area contributed by atoms with Crippen molar-refractivity contribution >= 4 is 24.2 Å². The zero-order valence-electron chi connectivity index (χ0n) is 12.9. The molecule has 0 radical (unpaired) electrons. The van der Waals surface area contributed by atoms with E-state index < -0.39 is 0 Å². The largest absolute Gasteiger partial charge is 0.347 e. The maximum atomic E-state index is 12.1. The third kappa shape index (κ3) is 6.09. The highest BCUT2D eigenvalue weighted by Crippen LogP contribution is 2.22. The summed E-state index contributed by atoms with van der Waals surface area (Å²) < 4.78 is 0. The van der Waals surface area contributed by atoms with Gasteiger partial charge in [-0.1, -0.05) is 20.8 Å².